The van der Waals surface area contributed by atoms with Gasteiger partial charge in [-0.05, 0) is 48.8 Å². The topological polar surface area (TPSA) is 9.23 Å². The number of benzene rings is 1. The number of rotatable bonds is 4. The Bertz CT molecular complexity index is 409. The molecule has 1 aromatic carbocycles. The lowest BCUT2D eigenvalue weighted by atomic mass is 9.80. The molecule has 106 valence electrons. The van der Waals surface area contributed by atoms with Gasteiger partial charge in [-0.1, -0.05) is 48.6 Å². The molecule has 2 rings (SSSR count). The van der Waals surface area contributed by atoms with Crippen molar-refractivity contribution >= 4 is 22.6 Å². The van der Waals surface area contributed by atoms with Crippen LogP contribution < -0.4 is 0 Å². The molecule has 0 aliphatic heterocycles. The minimum absolute atomic E-state index is 0.0157. The Morgan fingerprint density at radius 1 is 1.32 bits per heavy atom. The quantitative estimate of drug-likeness (QED) is 0.522. The largest absolute Gasteiger partial charge is 0.369 e. The summed E-state index contributed by atoms with van der Waals surface area (Å²) in [5.41, 5.74) is 0.959. The highest BCUT2D eigenvalue weighted by Crippen LogP contribution is 2.34. The van der Waals surface area contributed by atoms with Crippen molar-refractivity contribution < 1.29 is 9.13 Å². The molecule has 19 heavy (non-hydrogen) atoms. The Hall–Kier alpha value is -0.160. The molecule has 1 nitrogen and oxygen atoms in total. The third-order valence-corrected chi connectivity index (χ3v) is 5.07. The van der Waals surface area contributed by atoms with Crippen LogP contribution in [-0.4, -0.2) is 10.5 Å². The first-order valence-electron chi connectivity index (χ1n) is 7.07. The van der Waals surface area contributed by atoms with Crippen molar-refractivity contribution in [2.45, 2.75) is 45.3 Å². The first-order valence-corrected chi connectivity index (χ1v) is 8.59. The van der Waals surface area contributed by atoms with Gasteiger partial charge in [-0.15, -0.1) is 0 Å². The van der Waals surface area contributed by atoms with Crippen LogP contribution in [0.2, 0.25) is 0 Å². The van der Waals surface area contributed by atoms with E-state index in [4.69, 9.17) is 4.74 Å². The number of halogens is 2. The Balaban J connectivity index is 1.99. The molecule has 0 saturated heterocycles. The van der Waals surface area contributed by atoms with Gasteiger partial charge in [0.05, 0.1) is 12.2 Å². The van der Waals surface area contributed by atoms with Crippen LogP contribution in [0.5, 0.6) is 0 Å². The summed E-state index contributed by atoms with van der Waals surface area (Å²) in [6, 6.07) is 6.80. The van der Waals surface area contributed by atoms with E-state index in [1.54, 1.807) is 12.1 Å². The van der Waals surface area contributed by atoms with Gasteiger partial charge in [0.1, 0.15) is 5.82 Å². The second kappa shape index (κ2) is 7.02. The van der Waals surface area contributed by atoms with Gasteiger partial charge >= 0.3 is 0 Å². The predicted molar refractivity (Wildman–Crippen MR) is 85.1 cm³/mol. The Morgan fingerprint density at radius 2 is 2.11 bits per heavy atom. The van der Waals surface area contributed by atoms with E-state index in [1.807, 2.05) is 6.07 Å². The van der Waals surface area contributed by atoms with Crippen molar-refractivity contribution in [2.75, 3.05) is 4.43 Å². The van der Waals surface area contributed by atoms with Gasteiger partial charge in [-0.3, -0.25) is 0 Å². The van der Waals surface area contributed by atoms with E-state index in [0.717, 1.165) is 34.7 Å². The summed E-state index contributed by atoms with van der Waals surface area (Å²) in [5, 5.41) is 0. The van der Waals surface area contributed by atoms with Crippen LogP contribution >= 0.6 is 22.6 Å². The maximum absolute atomic E-state index is 13.3. The molecule has 0 aromatic heterocycles. The normalized spacial score (nSPS) is 29.2. The van der Waals surface area contributed by atoms with E-state index in [2.05, 4.69) is 36.4 Å². The molecular weight excluding hydrogens is 354 g/mol. The van der Waals surface area contributed by atoms with E-state index in [-0.39, 0.29) is 11.9 Å². The minimum Gasteiger partial charge on any atom is -0.369 e. The molecule has 1 aromatic rings. The zero-order valence-corrected chi connectivity index (χ0v) is 13.8. The van der Waals surface area contributed by atoms with Gasteiger partial charge in [-0.25, -0.2) is 4.39 Å². The predicted octanol–water partition coefficient (Wildman–Crippen LogP) is 5.14. The van der Waals surface area contributed by atoms with Crippen molar-refractivity contribution in [3.8, 4) is 0 Å². The fourth-order valence-corrected chi connectivity index (χ4v) is 3.48. The number of hydrogen-bond acceptors (Lipinski definition) is 1. The van der Waals surface area contributed by atoms with Crippen LogP contribution in [0.4, 0.5) is 4.39 Å². The van der Waals surface area contributed by atoms with Crippen molar-refractivity contribution in [2.24, 2.45) is 11.8 Å². The molecule has 1 saturated carbocycles. The Labute approximate surface area is 129 Å². The van der Waals surface area contributed by atoms with Crippen molar-refractivity contribution in [1.29, 1.82) is 0 Å². The monoisotopic (exact) mass is 376 g/mol. The SMILES string of the molecule is CC1CCC(OC(CI)c2cccc(F)c2)CC1C. The van der Waals surface area contributed by atoms with Gasteiger partial charge in [0.15, 0.2) is 0 Å². The molecule has 1 aliphatic carbocycles. The van der Waals surface area contributed by atoms with E-state index < -0.39 is 0 Å². The highest BCUT2D eigenvalue weighted by molar-refractivity contribution is 14.1. The molecule has 1 aliphatic rings. The highest BCUT2D eigenvalue weighted by atomic mass is 127. The van der Waals surface area contributed by atoms with Crippen molar-refractivity contribution in [3.63, 3.8) is 0 Å². The van der Waals surface area contributed by atoms with E-state index >= 15 is 0 Å². The fraction of sp³-hybridized carbons (Fsp3) is 0.625. The summed E-state index contributed by atoms with van der Waals surface area (Å²) in [4.78, 5) is 0. The summed E-state index contributed by atoms with van der Waals surface area (Å²) < 4.78 is 20.4. The summed E-state index contributed by atoms with van der Waals surface area (Å²) in [7, 11) is 0. The summed E-state index contributed by atoms with van der Waals surface area (Å²) in [5.74, 6) is 1.34. The number of hydrogen-bond donors (Lipinski definition) is 0. The van der Waals surface area contributed by atoms with Crippen LogP contribution in [0.3, 0.4) is 0 Å². The first-order chi connectivity index (χ1) is 9.10. The van der Waals surface area contributed by atoms with E-state index in [0.29, 0.717) is 6.10 Å². The molecule has 0 radical (unpaired) electrons. The third kappa shape index (κ3) is 4.15. The van der Waals surface area contributed by atoms with Crippen LogP contribution in [0.15, 0.2) is 24.3 Å². The van der Waals surface area contributed by atoms with Gasteiger partial charge in [-0.2, -0.15) is 0 Å². The molecular formula is C16H22FIO. The molecule has 0 amide bonds. The summed E-state index contributed by atoms with van der Waals surface area (Å²) in [6.07, 6.45) is 3.84. The third-order valence-electron chi connectivity index (χ3n) is 4.27. The standard InChI is InChI=1S/C16H22FIO/c1-11-6-7-15(8-12(11)2)19-16(10-18)13-4-3-5-14(17)9-13/h3-5,9,11-12,15-16H,6-8,10H2,1-2H3. The fourth-order valence-electron chi connectivity index (χ4n) is 2.76. The summed E-state index contributed by atoms with van der Waals surface area (Å²) in [6.45, 7) is 4.63. The second-order valence-corrected chi connectivity index (χ2v) is 6.60. The van der Waals surface area contributed by atoms with Crippen molar-refractivity contribution in [1.82, 2.24) is 0 Å². The summed E-state index contributed by atoms with van der Waals surface area (Å²) >= 11 is 2.32. The molecule has 0 N–H and O–H groups in total. The minimum atomic E-state index is -0.179. The number of ether oxygens (including phenoxy) is 1. The number of alkyl halides is 1. The molecule has 3 heteroatoms. The molecule has 0 spiro atoms. The van der Waals surface area contributed by atoms with Gasteiger partial charge in [0.25, 0.3) is 0 Å². The molecule has 0 heterocycles. The Morgan fingerprint density at radius 3 is 2.74 bits per heavy atom. The second-order valence-electron chi connectivity index (χ2n) is 5.72. The van der Waals surface area contributed by atoms with Crippen molar-refractivity contribution in [3.05, 3.63) is 35.6 Å². The molecule has 4 unspecified atom stereocenters. The molecule has 4 atom stereocenters. The lowest BCUT2D eigenvalue weighted by Gasteiger charge is -2.34. The maximum atomic E-state index is 13.3. The lowest BCUT2D eigenvalue weighted by Crippen LogP contribution is -2.28. The van der Waals surface area contributed by atoms with Crippen LogP contribution in [0.1, 0.15) is 44.8 Å². The molecule has 0 bridgehead atoms. The average Bonchev–Trinajstić information content (AvgIpc) is 2.40. The first kappa shape index (κ1) is 15.2. The highest BCUT2D eigenvalue weighted by Gasteiger charge is 2.27. The zero-order valence-electron chi connectivity index (χ0n) is 11.6. The Kier molecular flexibility index (Phi) is 5.63. The van der Waals surface area contributed by atoms with Crippen LogP contribution in [0, 0.1) is 17.7 Å². The van der Waals surface area contributed by atoms with Gasteiger partial charge in [0, 0.05) is 4.43 Å². The molecule has 1 fully saturated rings. The average molecular weight is 376 g/mol. The van der Waals surface area contributed by atoms with E-state index in [9.17, 15) is 4.39 Å². The lowest BCUT2D eigenvalue weighted by molar-refractivity contribution is -0.0378. The van der Waals surface area contributed by atoms with Gasteiger partial charge < -0.3 is 4.74 Å². The van der Waals surface area contributed by atoms with Crippen LogP contribution in [0.25, 0.3) is 0 Å². The maximum Gasteiger partial charge on any atom is 0.123 e. The van der Waals surface area contributed by atoms with Crippen LogP contribution in [-0.2, 0) is 4.74 Å². The van der Waals surface area contributed by atoms with E-state index in [1.165, 1.54) is 12.5 Å². The van der Waals surface area contributed by atoms with Gasteiger partial charge in [0.2, 0.25) is 0 Å². The smallest absolute Gasteiger partial charge is 0.123 e. The zero-order chi connectivity index (χ0) is 13.8.